The van der Waals surface area contributed by atoms with Crippen LogP contribution in [0.5, 0.6) is 0 Å². The molecule has 1 aliphatic rings. The number of rotatable bonds is 0. The Kier molecular flexibility index (Phi) is 1.00. The zero-order chi connectivity index (χ0) is 5.28. The van der Waals surface area contributed by atoms with Gasteiger partial charge in [-0.1, -0.05) is 0 Å². The maximum Gasteiger partial charge on any atom is 0.102 e. The Hall–Kier alpha value is -0.540. The lowest BCUT2D eigenvalue weighted by Gasteiger charge is -2.19. The van der Waals surface area contributed by atoms with E-state index in [1.807, 2.05) is 0 Å². The first-order chi connectivity index (χ1) is 3.29. The Balaban J connectivity index is 2.42. The lowest BCUT2D eigenvalue weighted by atomic mass is 10.4. The first-order valence-electron chi connectivity index (χ1n) is 2.10. The SMILES string of the molecule is CC1C=CN([O-])O1. The van der Waals surface area contributed by atoms with E-state index in [1.165, 1.54) is 6.20 Å². The molecule has 0 aromatic carbocycles. The maximum absolute atomic E-state index is 10.1. The van der Waals surface area contributed by atoms with Gasteiger partial charge in [-0.15, -0.1) is 0 Å². The smallest absolute Gasteiger partial charge is 0.102 e. The van der Waals surface area contributed by atoms with Crippen molar-refractivity contribution in [2.75, 3.05) is 0 Å². The van der Waals surface area contributed by atoms with Crippen LogP contribution in [-0.2, 0) is 4.84 Å². The zero-order valence-electron chi connectivity index (χ0n) is 4.00. The fourth-order valence-corrected chi connectivity index (χ4v) is 0.426. The first kappa shape index (κ1) is 4.61. The molecule has 0 aromatic rings. The van der Waals surface area contributed by atoms with Crippen molar-refractivity contribution < 1.29 is 4.84 Å². The molecular formula is C4H6NO2-. The lowest BCUT2D eigenvalue weighted by molar-refractivity contribution is -0.0855. The third-order valence-electron chi connectivity index (χ3n) is 0.749. The van der Waals surface area contributed by atoms with E-state index in [1.54, 1.807) is 13.0 Å². The zero-order valence-corrected chi connectivity index (χ0v) is 4.00. The van der Waals surface area contributed by atoms with Crippen molar-refractivity contribution in [3.8, 4) is 0 Å². The predicted molar refractivity (Wildman–Crippen MR) is 24.9 cm³/mol. The number of hydroxylamine groups is 2. The highest BCUT2D eigenvalue weighted by Gasteiger charge is 2.01. The molecule has 1 aliphatic heterocycles. The van der Waals surface area contributed by atoms with Crippen LogP contribution in [0.4, 0.5) is 0 Å². The van der Waals surface area contributed by atoms with Crippen molar-refractivity contribution in [1.82, 2.24) is 5.23 Å². The average Bonchev–Trinajstić information content (AvgIpc) is 1.87. The monoisotopic (exact) mass is 100 g/mol. The van der Waals surface area contributed by atoms with Crippen LogP contribution in [0.3, 0.4) is 0 Å². The highest BCUT2D eigenvalue weighted by atomic mass is 16.9. The third kappa shape index (κ3) is 0.913. The Bertz CT molecular complexity index is 81.7. The molecule has 1 atom stereocenters. The molecule has 0 N–H and O–H groups in total. The van der Waals surface area contributed by atoms with E-state index < -0.39 is 0 Å². The van der Waals surface area contributed by atoms with Gasteiger partial charge < -0.3 is 10.4 Å². The van der Waals surface area contributed by atoms with Crippen molar-refractivity contribution in [3.05, 3.63) is 17.5 Å². The quantitative estimate of drug-likeness (QED) is 0.448. The van der Waals surface area contributed by atoms with Crippen molar-refractivity contribution in [2.45, 2.75) is 13.0 Å². The summed E-state index contributed by atoms with van der Waals surface area (Å²) < 4.78 is 0. The average molecular weight is 100 g/mol. The van der Waals surface area contributed by atoms with E-state index in [4.69, 9.17) is 0 Å². The van der Waals surface area contributed by atoms with E-state index in [-0.39, 0.29) is 6.10 Å². The Morgan fingerprint density at radius 1 is 1.86 bits per heavy atom. The summed E-state index contributed by atoms with van der Waals surface area (Å²) >= 11 is 0. The second-order valence-electron chi connectivity index (χ2n) is 1.44. The molecule has 0 saturated heterocycles. The van der Waals surface area contributed by atoms with Gasteiger partial charge in [-0.05, 0) is 13.0 Å². The fraction of sp³-hybridized carbons (Fsp3) is 0.500. The molecule has 7 heavy (non-hydrogen) atoms. The molecule has 0 amide bonds. The molecule has 0 aromatic heterocycles. The molecular weight excluding hydrogens is 94.0 g/mol. The normalized spacial score (nSPS) is 29.4. The van der Waals surface area contributed by atoms with Crippen LogP contribution in [-0.4, -0.2) is 11.3 Å². The van der Waals surface area contributed by atoms with Gasteiger partial charge in [0.25, 0.3) is 0 Å². The molecule has 0 radical (unpaired) electrons. The van der Waals surface area contributed by atoms with Gasteiger partial charge in [0.1, 0.15) is 6.10 Å². The largest absolute Gasteiger partial charge is 0.734 e. The number of nitrogens with zero attached hydrogens (tertiary/aromatic N) is 1. The van der Waals surface area contributed by atoms with Crippen LogP contribution < -0.4 is 0 Å². The van der Waals surface area contributed by atoms with Gasteiger partial charge in [-0.3, -0.25) is 4.84 Å². The molecule has 1 heterocycles. The Morgan fingerprint density at radius 3 is 2.71 bits per heavy atom. The molecule has 0 fully saturated rings. The van der Waals surface area contributed by atoms with E-state index in [2.05, 4.69) is 4.84 Å². The maximum atomic E-state index is 10.1. The standard InChI is InChI=1S/C4H6NO2/c1-4-2-3-5(6)7-4/h2-4H,1H3/q-1. The van der Waals surface area contributed by atoms with Gasteiger partial charge >= 0.3 is 0 Å². The Morgan fingerprint density at radius 2 is 2.57 bits per heavy atom. The minimum absolute atomic E-state index is 0.0440. The Labute approximate surface area is 41.7 Å². The van der Waals surface area contributed by atoms with Gasteiger partial charge in [-0.2, -0.15) is 0 Å². The lowest BCUT2D eigenvalue weighted by Crippen LogP contribution is -2.07. The molecule has 0 saturated carbocycles. The summed E-state index contributed by atoms with van der Waals surface area (Å²) in [5, 5.41) is 10.5. The minimum Gasteiger partial charge on any atom is -0.734 e. The molecule has 1 rings (SSSR count). The first-order valence-corrected chi connectivity index (χ1v) is 2.10. The van der Waals surface area contributed by atoms with E-state index in [9.17, 15) is 5.21 Å². The molecule has 0 bridgehead atoms. The fourth-order valence-electron chi connectivity index (χ4n) is 0.426. The van der Waals surface area contributed by atoms with Crippen LogP contribution >= 0.6 is 0 Å². The van der Waals surface area contributed by atoms with E-state index >= 15 is 0 Å². The third-order valence-corrected chi connectivity index (χ3v) is 0.749. The van der Waals surface area contributed by atoms with Gasteiger partial charge in [-0.25, -0.2) is 0 Å². The molecule has 3 nitrogen and oxygen atoms in total. The molecule has 40 valence electrons. The number of hydrogen-bond donors (Lipinski definition) is 0. The molecule has 3 heteroatoms. The molecule has 0 spiro atoms. The van der Waals surface area contributed by atoms with Gasteiger partial charge in [0.05, 0.1) is 0 Å². The summed E-state index contributed by atoms with van der Waals surface area (Å²) in [5.41, 5.74) is 0. The van der Waals surface area contributed by atoms with Crippen LogP contribution in [0.2, 0.25) is 0 Å². The molecule has 0 aliphatic carbocycles. The predicted octanol–water partition coefficient (Wildman–Crippen LogP) is 0.634. The van der Waals surface area contributed by atoms with Gasteiger partial charge in [0.15, 0.2) is 0 Å². The van der Waals surface area contributed by atoms with Gasteiger partial charge in [0, 0.05) is 6.20 Å². The van der Waals surface area contributed by atoms with Crippen molar-refractivity contribution in [1.29, 1.82) is 0 Å². The summed E-state index contributed by atoms with van der Waals surface area (Å²) in [7, 11) is 0. The van der Waals surface area contributed by atoms with Crippen LogP contribution in [0.1, 0.15) is 6.92 Å². The second-order valence-corrected chi connectivity index (χ2v) is 1.44. The van der Waals surface area contributed by atoms with E-state index in [0.717, 1.165) is 0 Å². The van der Waals surface area contributed by atoms with E-state index in [0.29, 0.717) is 5.23 Å². The number of hydrogen-bond acceptors (Lipinski definition) is 3. The summed E-state index contributed by atoms with van der Waals surface area (Å²) in [4.78, 5) is 4.53. The van der Waals surface area contributed by atoms with Crippen molar-refractivity contribution >= 4 is 0 Å². The second kappa shape index (κ2) is 1.52. The van der Waals surface area contributed by atoms with Crippen LogP contribution in [0, 0.1) is 5.21 Å². The van der Waals surface area contributed by atoms with Crippen LogP contribution in [0.25, 0.3) is 0 Å². The van der Waals surface area contributed by atoms with Crippen LogP contribution in [0.15, 0.2) is 12.3 Å². The van der Waals surface area contributed by atoms with Crippen molar-refractivity contribution in [2.24, 2.45) is 0 Å². The highest BCUT2D eigenvalue weighted by molar-refractivity contribution is 4.90. The highest BCUT2D eigenvalue weighted by Crippen LogP contribution is 2.05. The summed E-state index contributed by atoms with van der Waals surface area (Å²) in [6.07, 6.45) is 3.00. The molecule has 1 unspecified atom stereocenters. The summed E-state index contributed by atoms with van der Waals surface area (Å²) in [6, 6.07) is 0. The topological polar surface area (TPSA) is 35.5 Å². The van der Waals surface area contributed by atoms with Gasteiger partial charge in [0.2, 0.25) is 0 Å². The minimum atomic E-state index is -0.0440. The van der Waals surface area contributed by atoms with Crippen molar-refractivity contribution in [3.63, 3.8) is 0 Å². The summed E-state index contributed by atoms with van der Waals surface area (Å²) in [6.45, 7) is 1.80. The summed E-state index contributed by atoms with van der Waals surface area (Å²) in [5.74, 6) is 0.